The standard InChI is InChI=1S/C13H15N3O2S/c1-2-18-11-6-4-3-5-10(11)7-8-12(17)15-13-16-14-9-19-13/h3-6,9H,2,7-8H2,1H3,(H,15,16,17). The summed E-state index contributed by atoms with van der Waals surface area (Å²) in [5.41, 5.74) is 2.62. The van der Waals surface area contributed by atoms with E-state index in [1.165, 1.54) is 11.3 Å². The van der Waals surface area contributed by atoms with Gasteiger partial charge in [-0.05, 0) is 25.0 Å². The highest BCUT2D eigenvalue weighted by atomic mass is 32.1. The molecule has 1 N–H and O–H groups in total. The zero-order valence-corrected chi connectivity index (χ0v) is 11.4. The molecular formula is C13H15N3O2S. The molecule has 2 aromatic rings. The van der Waals surface area contributed by atoms with Crippen molar-refractivity contribution in [3.8, 4) is 5.75 Å². The quantitative estimate of drug-likeness (QED) is 0.881. The van der Waals surface area contributed by atoms with E-state index in [0.29, 0.717) is 24.6 Å². The van der Waals surface area contributed by atoms with Crippen LogP contribution in [0.4, 0.5) is 5.13 Å². The van der Waals surface area contributed by atoms with E-state index in [9.17, 15) is 4.79 Å². The van der Waals surface area contributed by atoms with Gasteiger partial charge in [0.15, 0.2) is 0 Å². The lowest BCUT2D eigenvalue weighted by atomic mass is 10.1. The summed E-state index contributed by atoms with van der Waals surface area (Å²) in [6, 6.07) is 7.76. The number of hydrogen-bond acceptors (Lipinski definition) is 5. The fraction of sp³-hybridized carbons (Fsp3) is 0.308. The number of ether oxygens (including phenoxy) is 1. The summed E-state index contributed by atoms with van der Waals surface area (Å²) >= 11 is 1.31. The van der Waals surface area contributed by atoms with Crippen molar-refractivity contribution >= 4 is 22.4 Å². The Bertz CT molecular complexity index is 528. The molecule has 0 saturated heterocycles. The predicted molar refractivity (Wildman–Crippen MR) is 74.5 cm³/mol. The van der Waals surface area contributed by atoms with Crippen LogP contribution in [0.2, 0.25) is 0 Å². The maximum Gasteiger partial charge on any atom is 0.226 e. The van der Waals surface area contributed by atoms with Crippen molar-refractivity contribution < 1.29 is 9.53 Å². The molecule has 19 heavy (non-hydrogen) atoms. The number of anilines is 1. The second-order valence-corrected chi connectivity index (χ2v) is 4.67. The van der Waals surface area contributed by atoms with Gasteiger partial charge in [-0.1, -0.05) is 29.5 Å². The number of carbonyl (C=O) groups excluding carboxylic acids is 1. The van der Waals surface area contributed by atoms with Crippen molar-refractivity contribution in [2.24, 2.45) is 0 Å². The molecule has 100 valence electrons. The fourth-order valence-corrected chi connectivity index (χ4v) is 2.13. The van der Waals surface area contributed by atoms with Crippen molar-refractivity contribution in [1.82, 2.24) is 10.2 Å². The minimum Gasteiger partial charge on any atom is -0.494 e. The number of aryl methyl sites for hydroxylation is 1. The Morgan fingerprint density at radius 3 is 3.00 bits per heavy atom. The van der Waals surface area contributed by atoms with Crippen molar-refractivity contribution in [2.45, 2.75) is 19.8 Å². The highest BCUT2D eigenvalue weighted by molar-refractivity contribution is 7.13. The third-order valence-corrected chi connectivity index (χ3v) is 3.11. The molecule has 5 nitrogen and oxygen atoms in total. The first-order valence-corrected chi connectivity index (χ1v) is 6.94. The average molecular weight is 277 g/mol. The number of benzene rings is 1. The molecule has 1 heterocycles. The van der Waals surface area contributed by atoms with Gasteiger partial charge < -0.3 is 10.1 Å². The van der Waals surface area contributed by atoms with Crippen LogP contribution < -0.4 is 10.1 Å². The molecule has 0 unspecified atom stereocenters. The number of amides is 1. The van der Waals surface area contributed by atoms with Crippen molar-refractivity contribution in [1.29, 1.82) is 0 Å². The minimum atomic E-state index is -0.0666. The van der Waals surface area contributed by atoms with Crippen LogP contribution in [-0.4, -0.2) is 22.7 Å². The number of hydrogen-bond donors (Lipinski definition) is 1. The summed E-state index contributed by atoms with van der Waals surface area (Å²) in [6.07, 6.45) is 1.03. The minimum absolute atomic E-state index is 0.0666. The SMILES string of the molecule is CCOc1ccccc1CCC(=O)Nc1nncs1. The monoisotopic (exact) mass is 277 g/mol. The Morgan fingerprint density at radius 2 is 2.26 bits per heavy atom. The number of para-hydroxylation sites is 1. The first kappa shape index (κ1) is 13.5. The Labute approximate surface area is 115 Å². The zero-order valence-electron chi connectivity index (χ0n) is 10.6. The largest absolute Gasteiger partial charge is 0.494 e. The maximum absolute atomic E-state index is 11.7. The van der Waals surface area contributed by atoms with E-state index in [2.05, 4.69) is 15.5 Å². The average Bonchev–Trinajstić information content (AvgIpc) is 2.91. The molecule has 0 spiro atoms. The molecule has 6 heteroatoms. The molecule has 0 aliphatic rings. The van der Waals surface area contributed by atoms with E-state index in [0.717, 1.165) is 11.3 Å². The second kappa shape index (κ2) is 6.84. The second-order valence-electron chi connectivity index (χ2n) is 3.83. The summed E-state index contributed by atoms with van der Waals surface area (Å²) < 4.78 is 5.52. The third-order valence-electron chi connectivity index (χ3n) is 2.50. The number of aromatic nitrogens is 2. The van der Waals surface area contributed by atoms with Gasteiger partial charge in [0.25, 0.3) is 0 Å². The molecule has 0 saturated carbocycles. The zero-order chi connectivity index (χ0) is 13.5. The van der Waals surface area contributed by atoms with E-state index >= 15 is 0 Å². The third kappa shape index (κ3) is 4.03. The normalized spacial score (nSPS) is 10.2. The first-order valence-electron chi connectivity index (χ1n) is 6.06. The van der Waals surface area contributed by atoms with E-state index in [4.69, 9.17) is 4.74 Å². The molecule has 0 aliphatic heterocycles. The van der Waals surface area contributed by atoms with Gasteiger partial charge in [-0.25, -0.2) is 0 Å². The molecular weight excluding hydrogens is 262 g/mol. The number of nitrogens with zero attached hydrogens (tertiary/aromatic N) is 2. The van der Waals surface area contributed by atoms with Crippen LogP contribution in [0.15, 0.2) is 29.8 Å². The van der Waals surface area contributed by atoms with Crippen LogP contribution in [0.5, 0.6) is 5.75 Å². The first-order chi connectivity index (χ1) is 9.29. The van der Waals surface area contributed by atoms with Gasteiger partial charge in [-0.15, -0.1) is 10.2 Å². The van der Waals surface area contributed by atoms with Crippen LogP contribution in [0.1, 0.15) is 18.9 Å². The molecule has 1 amide bonds. The van der Waals surface area contributed by atoms with E-state index in [1.807, 2.05) is 31.2 Å². The smallest absolute Gasteiger partial charge is 0.226 e. The van der Waals surface area contributed by atoms with Gasteiger partial charge in [-0.3, -0.25) is 4.79 Å². The van der Waals surface area contributed by atoms with Crippen molar-refractivity contribution in [3.63, 3.8) is 0 Å². The molecule has 1 aromatic carbocycles. The van der Waals surface area contributed by atoms with Crippen LogP contribution in [-0.2, 0) is 11.2 Å². The van der Waals surface area contributed by atoms with Gasteiger partial charge in [0, 0.05) is 6.42 Å². The van der Waals surface area contributed by atoms with Gasteiger partial charge in [0.05, 0.1) is 6.61 Å². The molecule has 0 bridgehead atoms. The lowest BCUT2D eigenvalue weighted by Gasteiger charge is -2.09. The molecule has 0 aliphatic carbocycles. The number of nitrogens with one attached hydrogen (secondary N) is 1. The van der Waals surface area contributed by atoms with Gasteiger partial charge in [0.2, 0.25) is 11.0 Å². The summed E-state index contributed by atoms with van der Waals surface area (Å²) in [4.78, 5) is 11.7. The van der Waals surface area contributed by atoms with Gasteiger partial charge in [-0.2, -0.15) is 0 Å². The molecule has 2 rings (SSSR count). The Kier molecular flexibility index (Phi) is 4.85. The highest BCUT2D eigenvalue weighted by Crippen LogP contribution is 2.19. The predicted octanol–water partition coefficient (Wildman–Crippen LogP) is 2.51. The summed E-state index contributed by atoms with van der Waals surface area (Å²) in [5, 5.41) is 10.7. The van der Waals surface area contributed by atoms with Gasteiger partial charge >= 0.3 is 0 Å². The van der Waals surface area contributed by atoms with Crippen LogP contribution >= 0.6 is 11.3 Å². The molecule has 1 aromatic heterocycles. The Hall–Kier alpha value is -1.95. The van der Waals surface area contributed by atoms with Crippen LogP contribution in [0, 0.1) is 0 Å². The van der Waals surface area contributed by atoms with E-state index < -0.39 is 0 Å². The Balaban J connectivity index is 1.89. The van der Waals surface area contributed by atoms with Gasteiger partial charge in [0.1, 0.15) is 11.3 Å². The Morgan fingerprint density at radius 1 is 1.42 bits per heavy atom. The molecule has 0 fully saturated rings. The summed E-state index contributed by atoms with van der Waals surface area (Å²) in [7, 11) is 0. The van der Waals surface area contributed by atoms with Crippen molar-refractivity contribution in [3.05, 3.63) is 35.3 Å². The highest BCUT2D eigenvalue weighted by Gasteiger charge is 2.08. The fourth-order valence-electron chi connectivity index (χ4n) is 1.66. The summed E-state index contributed by atoms with van der Waals surface area (Å²) in [5.74, 6) is 0.775. The number of rotatable bonds is 6. The van der Waals surface area contributed by atoms with E-state index in [1.54, 1.807) is 5.51 Å². The lowest BCUT2D eigenvalue weighted by molar-refractivity contribution is -0.116. The topological polar surface area (TPSA) is 64.1 Å². The van der Waals surface area contributed by atoms with E-state index in [-0.39, 0.29) is 5.91 Å². The molecule has 0 atom stereocenters. The van der Waals surface area contributed by atoms with Crippen LogP contribution in [0.25, 0.3) is 0 Å². The van der Waals surface area contributed by atoms with Crippen LogP contribution in [0.3, 0.4) is 0 Å². The maximum atomic E-state index is 11.7. The summed E-state index contributed by atoms with van der Waals surface area (Å²) in [6.45, 7) is 2.56. The number of carbonyl (C=O) groups is 1. The molecule has 0 radical (unpaired) electrons. The van der Waals surface area contributed by atoms with Crippen molar-refractivity contribution in [2.75, 3.05) is 11.9 Å². The lowest BCUT2D eigenvalue weighted by Crippen LogP contribution is -2.12.